The van der Waals surface area contributed by atoms with Gasteiger partial charge in [0, 0.05) is 32.6 Å². The zero-order valence-electron chi connectivity index (χ0n) is 12.4. The summed E-state index contributed by atoms with van der Waals surface area (Å²) in [5, 5.41) is 20.6. The van der Waals surface area contributed by atoms with Gasteiger partial charge in [-0.05, 0) is 32.4 Å². The van der Waals surface area contributed by atoms with E-state index in [1.165, 1.54) is 0 Å². The summed E-state index contributed by atoms with van der Waals surface area (Å²) in [5.41, 5.74) is 0. The van der Waals surface area contributed by atoms with Gasteiger partial charge in [0.1, 0.15) is 5.92 Å². The molecule has 0 saturated carbocycles. The van der Waals surface area contributed by atoms with Crippen molar-refractivity contribution in [1.82, 2.24) is 21.3 Å². The van der Waals surface area contributed by atoms with Gasteiger partial charge < -0.3 is 21.3 Å². The fraction of sp³-hybridized carbons (Fsp3) is 0.786. The van der Waals surface area contributed by atoms with E-state index >= 15 is 0 Å². The summed E-state index contributed by atoms with van der Waals surface area (Å²) in [7, 11) is 0. The second-order valence-corrected chi connectivity index (χ2v) is 5.04. The molecule has 7 heteroatoms. The Kier molecular flexibility index (Phi) is 9.16. The number of hydrogen-bond donors (Lipinski definition) is 4. The van der Waals surface area contributed by atoms with Gasteiger partial charge in [-0.3, -0.25) is 9.59 Å². The maximum Gasteiger partial charge on any atom is 0.232 e. The first-order valence-electron chi connectivity index (χ1n) is 7.59. The lowest BCUT2D eigenvalue weighted by atomic mass is 10.00. The lowest BCUT2D eigenvalue weighted by molar-refractivity contribution is -0.135. The zero-order chi connectivity index (χ0) is 15.3. The van der Waals surface area contributed by atoms with Gasteiger partial charge in [-0.15, -0.1) is 0 Å². The SMILES string of the molecule is N#CCCCC1C(=O)NCCNCCCNCCNC1=O. The maximum absolute atomic E-state index is 12.1. The van der Waals surface area contributed by atoms with Crippen LogP contribution in [0.1, 0.15) is 25.7 Å². The largest absolute Gasteiger partial charge is 0.354 e. The Bertz CT molecular complexity index is 343. The van der Waals surface area contributed by atoms with E-state index in [0.29, 0.717) is 45.4 Å². The first-order valence-corrected chi connectivity index (χ1v) is 7.59. The first kappa shape index (κ1) is 17.4. The molecule has 1 heterocycles. The molecule has 4 N–H and O–H groups in total. The minimum atomic E-state index is -0.707. The average Bonchev–Trinajstić information content (AvgIpc) is 2.48. The Morgan fingerprint density at radius 1 is 0.952 bits per heavy atom. The smallest absolute Gasteiger partial charge is 0.232 e. The monoisotopic (exact) mass is 295 g/mol. The normalized spacial score (nSPS) is 20.0. The van der Waals surface area contributed by atoms with E-state index in [4.69, 9.17) is 5.26 Å². The lowest BCUT2D eigenvalue weighted by Gasteiger charge is -2.17. The number of nitriles is 1. The number of nitrogens with zero attached hydrogens (tertiary/aromatic N) is 1. The molecule has 118 valence electrons. The minimum absolute atomic E-state index is 0.253. The quantitative estimate of drug-likeness (QED) is 0.399. The van der Waals surface area contributed by atoms with Gasteiger partial charge in [0.05, 0.1) is 6.07 Å². The third kappa shape index (κ3) is 7.63. The van der Waals surface area contributed by atoms with Crippen LogP contribution in [0.5, 0.6) is 0 Å². The minimum Gasteiger partial charge on any atom is -0.354 e. The molecule has 1 saturated heterocycles. The van der Waals surface area contributed by atoms with Crippen LogP contribution in [-0.4, -0.2) is 51.1 Å². The van der Waals surface area contributed by atoms with E-state index in [0.717, 1.165) is 19.5 Å². The van der Waals surface area contributed by atoms with Crippen LogP contribution in [0.15, 0.2) is 0 Å². The molecule has 1 rings (SSSR count). The highest BCUT2D eigenvalue weighted by Crippen LogP contribution is 2.09. The van der Waals surface area contributed by atoms with Crippen molar-refractivity contribution in [3.63, 3.8) is 0 Å². The van der Waals surface area contributed by atoms with E-state index in [1.807, 2.05) is 6.07 Å². The Balaban J connectivity index is 2.53. The van der Waals surface area contributed by atoms with Gasteiger partial charge in [-0.25, -0.2) is 0 Å². The molecule has 0 aromatic rings. The summed E-state index contributed by atoms with van der Waals surface area (Å²) in [4.78, 5) is 24.2. The van der Waals surface area contributed by atoms with E-state index in [-0.39, 0.29) is 11.8 Å². The Labute approximate surface area is 125 Å². The summed E-state index contributed by atoms with van der Waals surface area (Å²) < 4.78 is 0. The molecular weight excluding hydrogens is 270 g/mol. The number of carbonyl (C=O) groups excluding carboxylic acids is 2. The molecule has 2 amide bonds. The molecule has 1 aliphatic heterocycles. The second kappa shape index (κ2) is 11.1. The van der Waals surface area contributed by atoms with Gasteiger partial charge in [-0.2, -0.15) is 5.26 Å². The first-order chi connectivity index (χ1) is 10.3. The number of amides is 2. The van der Waals surface area contributed by atoms with Crippen LogP contribution in [0, 0.1) is 17.2 Å². The Morgan fingerprint density at radius 3 is 2.05 bits per heavy atom. The highest BCUT2D eigenvalue weighted by molar-refractivity contribution is 6.00. The zero-order valence-corrected chi connectivity index (χ0v) is 12.4. The second-order valence-electron chi connectivity index (χ2n) is 5.04. The molecule has 0 aliphatic carbocycles. The highest BCUT2D eigenvalue weighted by Gasteiger charge is 2.25. The van der Waals surface area contributed by atoms with Crippen molar-refractivity contribution in [2.75, 3.05) is 39.3 Å². The number of unbranched alkanes of at least 4 members (excludes halogenated alkanes) is 1. The molecule has 7 nitrogen and oxygen atoms in total. The van der Waals surface area contributed by atoms with Crippen LogP contribution < -0.4 is 21.3 Å². The average molecular weight is 295 g/mol. The van der Waals surface area contributed by atoms with Gasteiger partial charge in [0.2, 0.25) is 11.8 Å². The van der Waals surface area contributed by atoms with Gasteiger partial charge in [0.25, 0.3) is 0 Å². The van der Waals surface area contributed by atoms with Crippen LogP contribution in [0.2, 0.25) is 0 Å². The molecule has 0 atom stereocenters. The van der Waals surface area contributed by atoms with Gasteiger partial charge >= 0.3 is 0 Å². The fourth-order valence-electron chi connectivity index (χ4n) is 2.15. The Morgan fingerprint density at radius 2 is 1.52 bits per heavy atom. The molecule has 0 aromatic heterocycles. The fourth-order valence-corrected chi connectivity index (χ4v) is 2.15. The number of hydrogen-bond acceptors (Lipinski definition) is 5. The van der Waals surface area contributed by atoms with Crippen molar-refractivity contribution >= 4 is 11.8 Å². The van der Waals surface area contributed by atoms with Crippen LogP contribution in [0.4, 0.5) is 0 Å². The van der Waals surface area contributed by atoms with E-state index < -0.39 is 5.92 Å². The summed E-state index contributed by atoms with van der Waals surface area (Å²) in [5.74, 6) is -1.21. The number of nitrogens with one attached hydrogen (secondary N) is 4. The van der Waals surface area contributed by atoms with Crippen molar-refractivity contribution in [2.45, 2.75) is 25.7 Å². The molecule has 1 aliphatic rings. The van der Waals surface area contributed by atoms with Crippen molar-refractivity contribution in [1.29, 1.82) is 5.26 Å². The Hall–Kier alpha value is -1.65. The molecule has 0 bridgehead atoms. The van der Waals surface area contributed by atoms with Crippen molar-refractivity contribution in [2.24, 2.45) is 5.92 Å². The molecule has 0 unspecified atom stereocenters. The predicted molar refractivity (Wildman–Crippen MR) is 79.3 cm³/mol. The van der Waals surface area contributed by atoms with Gasteiger partial charge in [0.15, 0.2) is 0 Å². The number of rotatable bonds is 3. The molecule has 1 fully saturated rings. The predicted octanol–water partition coefficient (Wildman–Crippen LogP) is -0.888. The molecule has 21 heavy (non-hydrogen) atoms. The van der Waals surface area contributed by atoms with Crippen molar-refractivity contribution in [3.8, 4) is 6.07 Å². The van der Waals surface area contributed by atoms with E-state index in [2.05, 4.69) is 21.3 Å². The topological polar surface area (TPSA) is 106 Å². The van der Waals surface area contributed by atoms with Crippen LogP contribution in [-0.2, 0) is 9.59 Å². The van der Waals surface area contributed by atoms with Gasteiger partial charge in [-0.1, -0.05) is 0 Å². The molecular formula is C14H25N5O2. The van der Waals surface area contributed by atoms with Crippen LogP contribution in [0.25, 0.3) is 0 Å². The lowest BCUT2D eigenvalue weighted by Crippen LogP contribution is -2.45. The number of carbonyl (C=O) groups is 2. The maximum atomic E-state index is 12.1. The van der Waals surface area contributed by atoms with Crippen molar-refractivity contribution in [3.05, 3.63) is 0 Å². The van der Waals surface area contributed by atoms with Crippen LogP contribution in [0.3, 0.4) is 0 Å². The molecule has 0 radical (unpaired) electrons. The third-order valence-corrected chi connectivity index (χ3v) is 3.32. The highest BCUT2D eigenvalue weighted by atomic mass is 16.2. The standard InChI is InChI=1S/C14H25N5O2/c15-5-2-1-4-12-13(20)18-10-8-16-6-3-7-17-9-11-19-14(12)21/h12,16-17H,1-4,6-11H2,(H,18,20)(H,19,21). The van der Waals surface area contributed by atoms with Crippen molar-refractivity contribution < 1.29 is 9.59 Å². The van der Waals surface area contributed by atoms with E-state index in [9.17, 15) is 9.59 Å². The summed E-state index contributed by atoms with van der Waals surface area (Å²) >= 11 is 0. The summed E-state index contributed by atoms with van der Waals surface area (Å²) in [6.45, 7) is 4.21. The summed E-state index contributed by atoms with van der Waals surface area (Å²) in [6.07, 6.45) is 2.34. The van der Waals surface area contributed by atoms with Crippen LogP contribution >= 0.6 is 0 Å². The molecule has 0 aromatic carbocycles. The third-order valence-electron chi connectivity index (χ3n) is 3.32. The summed E-state index contributed by atoms with van der Waals surface area (Å²) in [6, 6.07) is 2.04. The molecule has 0 spiro atoms. The van der Waals surface area contributed by atoms with E-state index in [1.54, 1.807) is 0 Å².